The van der Waals surface area contributed by atoms with E-state index in [2.05, 4.69) is 10.3 Å². The van der Waals surface area contributed by atoms with E-state index in [-0.39, 0.29) is 19.7 Å². The molecule has 0 aliphatic rings. The van der Waals surface area contributed by atoms with Gasteiger partial charge in [0.05, 0.1) is 13.2 Å². The minimum Gasteiger partial charge on any atom is -0.395 e. The number of rotatable bonds is 8. The molecule has 0 fully saturated rings. The van der Waals surface area contributed by atoms with Crippen LogP contribution in [0.25, 0.3) is 0 Å². The predicted octanol–water partition coefficient (Wildman–Crippen LogP) is 1.63. The summed E-state index contributed by atoms with van der Waals surface area (Å²) in [5, 5.41) is 12.7. The summed E-state index contributed by atoms with van der Waals surface area (Å²) in [6.45, 7) is 2.95. The Morgan fingerprint density at radius 1 is 1.59 bits per heavy atom. The number of aromatic nitrogens is 1. The molecule has 0 spiro atoms. The summed E-state index contributed by atoms with van der Waals surface area (Å²) in [6.07, 6.45) is -0.707. The van der Waals surface area contributed by atoms with Crippen LogP contribution in [0.5, 0.6) is 0 Å². The Morgan fingerprint density at radius 3 is 2.94 bits per heavy atom. The van der Waals surface area contributed by atoms with Crippen molar-refractivity contribution in [1.29, 1.82) is 0 Å². The van der Waals surface area contributed by atoms with Crippen molar-refractivity contribution in [3.8, 4) is 0 Å². The van der Waals surface area contributed by atoms with Gasteiger partial charge in [-0.3, -0.25) is 4.90 Å². The molecule has 0 radical (unpaired) electrons. The van der Waals surface area contributed by atoms with Gasteiger partial charge in [0, 0.05) is 30.7 Å². The number of halogens is 2. The van der Waals surface area contributed by atoms with Gasteiger partial charge in [-0.25, -0.2) is 13.8 Å². The summed E-state index contributed by atoms with van der Waals surface area (Å²) >= 11 is 1.45. The molecule has 4 nitrogen and oxygen atoms in total. The lowest BCUT2D eigenvalue weighted by atomic mass is 10.4. The molecule has 1 rings (SSSR count). The van der Waals surface area contributed by atoms with E-state index in [0.29, 0.717) is 6.54 Å². The summed E-state index contributed by atoms with van der Waals surface area (Å²) < 4.78 is 24.6. The fraction of sp³-hybridized carbons (Fsp3) is 0.700. The first-order chi connectivity index (χ1) is 8.15. The van der Waals surface area contributed by atoms with E-state index >= 15 is 0 Å². The van der Waals surface area contributed by atoms with Crippen LogP contribution >= 0.6 is 11.3 Å². The van der Waals surface area contributed by atoms with Crippen molar-refractivity contribution >= 4 is 16.5 Å². The molecule has 0 aromatic carbocycles. The second kappa shape index (κ2) is 7.52. The first-order valence-electron chi connectivity index (χ1n) is 5.45. The smallest absolute Gasteiger partial charge is 0.251 e. The zero-order valence-corrected chi connectivity index (χ0v) is 10.5. The van der Waals surface area contributed by atoms with Gasteiger partial charge in [-0.15, -0.1) is 11.3 Å². The van der Waals surface area contributed by atoms with E-state index in [1.54, 1.807) is 6.20 Å². The van der Waals surface area contributed by atoms with Gasteiger partial charge in [-0.05, 0) is 6.92 Å². The third kappa shape index (κ3) is 5.38. The third-order valence-electron chi connectivity index (χ3n) is 2.07. The first kappa shape index (κ1) is 14.3. The number of nitrogens with zero attached hydrogens (tertiary/aromatic N) is 2. The van der Waals surface area contributed by atoms with Crippen molar-refractivity contribution in [3.63, 3.8) is 0 Å². The van der Waals surface area contributed by atoms with Gasteiger partial charge in [0.1, 0.15) is 0 Å². The van der Waals surface area contributed by atoms with Crippen molar-refractivity contribution in [2.24, 2.45) is 0 Å². The Hall–Kier alpha value is -0.790. The third-order valence-corrected chi connectivity index (χ3v) is 3.01. The van der Waals surface area contributed by atoms with Crippen molar-refractivity contribution in [2.45, 2.75) is 19.9 Å². The van der Waals surface area contributed by atoms with Crippen LogP contribution in [0.4, 0.5) is 13.9 Å². The molecule has 1 aromatic rings. The monoisotopic (exact) mass is 265 g/mol. The molecule has 0 atom stereocenters. The molecule has 0 saturated carbocycles. The lowest BCUT2D eigenvalue weighted by Crippen LogP contribution is -2.30. The van der Waals surface area contributed by atoms with Gasteiger partial charge >= 0.3 is 0 Å². The second-order valence-electron chi connectivity index (χ2n) is 3.51. The highest BCUT2D eigenvalue weighted by Crippen LogP contribution is 2.19. The van der Waals surface area contributed by atoms with Crippen LogP contribution in [0.15, 0.2) is 6.20 Å². The minimum absolute atomic E-state index is 0.119. The molecule has 0 aliphatic heterocycles. The summed E-state index contributed by atoms with van der Waals surface area (Å²) in [4.78, 5) is 6.56. The Morgan fingerprint density at radius 2 is 2.35 bits per heavy atom. The molecule has 0 aliphatic carbocycles. The minimum atomic E-state index is -2.39. The number of anilines is 1. The zero-order valence-electron chi connectivity index (χ0n) is 9.70. The van der Waals surface area contributed by atoms with Gasteiger partial charge in [-0.1, -0.05) is 0 Å². The average molecular weight is 265 g/mol. The van der Waals surface area contributed by atoms with Crippen LogP contribution in [-0.2, 0) is 6.54 Å². The Kier molecular flexibility index (Phi) is 6.31. The molecule has 1 heterocycles. The van der Waals surface area contributed by atoms with Crippen LogP contribution in [0.2, 0.25) is 0 Å². The number of nitrogens with one attached hydrogen (secondary N) is 1. The second-order valence-corrected chi connectivity index (χ2v) is 4.63. The van der Waals surface area contributed by atoms with Crippen molar-refractivity contribution in [3.05, 3.63) is 11.1 Å². The Balaban J connectivity index is 2.52. The maximum Gasteiger partial charge on any atom is 0.251 e. The van der Waals surface area contributed by atoms with Gasteiger partial charge in [0.2, 0.25) is 0 Å². The highest BCUT2D eigenvalue weighted by Gasteiger charge is 2.13. The standard InChI is InChI=1S/C10H17F2N3OS/c1-2-13-10-14-5-8(17-10)6-15(3-4-16)7-9(11)12/h5,9,16H,2-4,6-7H2,1H3,(H,13,14). The molecule has 98 valence electrons. The van der Waals surface area contributed by atoms with Gasteiger partial charge in [0.15, 0.2) is 5.13 Å². The van der Waals surface area contributed by atoms with Gasteiger partial charge in [0.25, 0.3) is 6.43 Å². The summed E-state index contributed by atoms with van der Waals surface area (Å²) in [6, 6.07) is 0. The Labute approximate surface area is 103 Å². The number of aliphatic hydroxyl groups excluding tert-OH is 1. The fourth-order valence-electron chi connectivity index (χ4n) is 1.41. The quantitative estimate of drug-likeness (QED) is 0.750. The number of thiazole rings is 1. The van der Waals surface area contributed by atoms with E-state index in [1.165, 1.54) is 16.2 Å². The lowest BCUT2D eigenvalue weighted by Gasteiger charge is -2.19. The number of hydrogen-bond donors (Lipinski definition) is 2. The fourth-order valence-corrected chi connectivity index (χ4v) is 2.33. The van der Waals surface area contributed by atoms with E-state index in [0.717, 1.165) is 16.6 Å². The molecular weight excluding hydrogens is 248 g/mol. The average Bonchev–Trinajstić information content (AvgIpc) is 2.65. The number of alkyl halides is 2. The van der Waals surface area contributed by atoms with Crippen molar-refractivity contribution in [2.75, 3.05) is 31.6 Å². The first-order valence-corrected chi connectivity index (χ1v) is 6.27. The molecule has 2 N–H and O–H groups in total. The molecule has 0 amide bonds. The molecule has 0 bridgehead atoms. The summed E-state index contributed by atoms with van der Waals surface area (Å²) in [5.41, 5.74) is 0. The Bertz CT molecular complexity index is 322. The lowest BCUT2D eigenvalue weighted by molar-refractivity contribution is 0.0751. The van der Waals surface area contributed by atoms with Gasteiger partial charge < -0.3 is 10.4 Å². The number of aliphatic hydroxyl groups is 1. The molecule has 7 heteroatoms. The molecule has 1 aromatic heterocycles. The highest BCUT2D eigenvalue weighted by atomic mass is 32.1. The van der Waals surface area contributed by atoms with Crippen LogP contribution in [-0.4, -0.2) is 47.7 Å². The molecule has 0 unspecified atom stereocenters. The molecule has 17 heavy (non-hydrogen) atoms. The van der Waals surface area contributed by atoms with E-state index < -0.39 is 6.43 Å². The largest absolute Gasteiger partial charge is 0.395 e. The van der Waals surface area contributed by atoms with Crippen LogP contribution in [0, 0.1) is 0 Å². The van der Waals surface area contributed by atoms with Crippen molar-refractivity contribution in [1.82, 2.24) is 9.88 Å². The summed E-state index contributed by atoms with van der Waals surface area (Å²) in [7, 11) is 0. The number of hydrogen-bond acceptors (Lipinski definition) is 5. The predicted molar refractivity (Wildman–Crippen MR) is 64.6 cm³/mol. The summed E-state index contributed by atoms with van der Waals surface area (Å²) in [5.74, 6) is 0. The maximum atomic E-state index is 12.3. The van der Waals surface area contributed by atoms with Crippen molar-refractivity contribution < 1.29 is 13.9 Å². The highest BCUT2D eigenvalue weighted by molar-refractivity contribution is 7.15. The molecule has 0 saturated heterocycles. The SMILES string of the molecule is CCNc1ncc(CN(CCO)CC(F)F)s1. The zero-order chi connectivity index (χ0) is 12.7. The topological polar surface area (TPSA) is 48.4 Å². The van der Waals surface area contributed by atoms with E-state index in [9.17, 15) is 8.78 Å². The maximum absolute atomic E-state index is 12.3. The van der Waals surface area contributed by atoms with Gasteiger partial charge in [-0.2, -0.15) is 0 Å². The van der Waals surface area contributed by atoms with Crippen LogP contribution < -0.4 is 5.32 Å². The van der Waals surface area contributed by atoms with E-state index in [4.69, 9.17) is 5.11 Å². The van der Waals surface area contributed by atoms with Crippen LogP contribution in [0.1, 0.15) is 11.8 Å². The molecular formula is C10H17F2N3OS. The van der Waals surface area contributed by atoms with Crippen LogP contribution in [0.3, 0.4) is 0 Å². The normalized spacial score (nSPS) is 11.4. The van der Waals surface area contributed by atoms with E-state index in [1.807, 2.05) is 6.92 Å².